The number of rotatable bonds is 11. The van der Waals surface area contributed by atoms with E-state index in [1.165, 1.54) is 12.0 Å². The van der Waals surface area contributed by atoms with Crippen LogP contribution >= 0.6 is 0 Å². The molecule has 0 bridgehead atoms. The number of nitrogens with zero attached hydrogens (tertiary/aromatic N) is 1. The standard InChI is InChI=1S/C31H36F2N2O6/c1-31(2,3)41-29(37)34-27(16-23-13-24(32)17-25(33)14-23)28(36)19-35(18-22-11-8-12-26(15-22)39-4)30(38)40-20-21-9-6-5-7-10-21/h5-15,17,27-28,36H,16,18-20H2,1-4H3,(H,34,37)/t27-,28+/m0/s1. The molecule has 0 aliphatic heterocycles. The Kier molecular flexibility index (Phi) is 11.0. The minimum atomic E-state index is -1.37. The van der Waals surface area contributed by atoms with Crippen molar-refractivity contribution in [3.05, 3.63) is 101 Å². The Balaban J connectivity index is 1.84. The number of amides is 2. The van der Waals surface area contributed by atoms with Crippen molar-refractivity contribution in [2.24, 2.45) is 0 Å². The van der Waals surface area contributed by atoms with E-state index in [9.17, 15) is 23.5 Å². The molecule has 0 aliphatic carbocycles. The van der Waals surface area contributed by atoms with Gasteiger partial charge in [-0.05, 0) is 68.1 Å². The van der Waals surface area contributed by atoms with Crippen molar-refractivity contribution >= 4 is 12.2 Å². The molecular formula is C31H36F2N2O6. The zero-order valence-electron chi connectivity index (χ0n) is 23.6. The Labute approximate surface area is 238 Å². The van der Waals surface area contributed by atoms with E-state index in [1.54, 1.807) is 45.0 Å². The Hall–Kier alpha value is -4.18. The normalized spacial score (nSPS) is 12.7. The lowest BCUT2D eigenvalue weighted by Crippen LogP contribution is -2.51. The lowest BCUT2D eigenvalue weighted by molar-refractivity contribution is 0.0327. The number of aliphatic hydroxyl groups excluding tert-OH is 1. The monoisotopic (exact) mass is 570 g/mol. The summed E-state index contributed by atoms with van der Waals surface area (Å²) in [4.78, 5) is 27.2. The second-order valence-electron chi connectivity index (χ2n) is 10.6. The van der Waals surface area contributed by atoms with Gasteiger partial charge >= 0.3 is 12.2 Å². The Morgan fingerprint density at radius 2 is 1.59 bits per heavy atom. The molecule has 3 rings (SSSR count). The minimum Gasteiger partial charge on any atom is -0.497 e. The van der Waals surface area contributed by atoms with Gasteiger partial charge in [-0.25, -0.2) is 18.4 Å². The van der Waals surface area contributed by atoms with Crippen LogP contribution in [0.4, 0.5) is 18.4 Å². The number of carbonyl (C=O) groups is 2. The number of benzene rings is 3. The highest BCUT2D eigenvalue weighted by Gasteiger charge is 2.29. The summed E-state index contributed by atoms with van der Waals surface area (Å²) in [6.45, 7) is 4.82. The fraction of sp³-hybridized carbons (Fsp3) is 0.355. The average Bonchev–Trinajstić information content (AvgIpc) is 2.90. The molecule has 41 heavy (non-hydrogen) atoms. The average molecular weight is 571 g/mol. The van der Waals surface area contributed by atoms with Crippen LogP contribution in [0.5, 0.6) is 5.75 Å². The Morgan fingerprint density at radius 1 is 0.927 bits per heavy atom. The maximum Gasteiger partial charge on any atom is 0.410 e. The fourth-order valence-corrected chi connectivity index (χ4v) is 4.08. The minimum absolute atomic E-state index is 0.00648. The molecule has 220 valence electrons. The highest BCUT2D eigenvalue weighted by Crippen LogP contribution is 2.18. The number of alkyl carbamates (subject to hydrolysis) is 1. The number of halogens is 2. The molecule has 0 saturated heterocycles. The molecule has 2 amide bonds. The Morgan fingerprint density at radius 3 is 2.22 bits per heavy atom. The van der Waals surface area contributed by atoms with Crippen molar-refractivity contribution < 1.29 is 37.7 Å². The molecule has 0 aromatic heterocycles. The van der Waals surface area contributed by atoms with Gasteiger partial charge < -0.3 is 29.5 Å². The largest absolute Gasteiger partial charge is 0.497 e. The summed E-state index contributed by atoms with van der Waals surface area (Å²) < 4.78 is 44.0. The topological polar surface area (TPSA) is 97.3 Å². The SMILES string of the molecule is COc1cccc(CN(C[C@@H](O)[C@H](Cc2cc(F)cc(F)c2)NC(=O)OC(C)(C)C)C(=O)OCc2ccccc2)c1. The first-order valence-corrected chi connectivity index (χ1v) is 13.1. The summed E-state index contributed by atoms with van der Waals surface area (Å²) >= 11 is 0. The second kappa shape index (κ2) is 14.5. The summed E-state index contributed by atoms with van der Waals surface area (Å²) in [5, 5.41) is 13.9. The first-order chi connectivity index (χ1) is 19.4. The molecule has 3 aromatic rings. The predicted molar refractivity (Wildman–Crippen MR) is 149 cm³/mol. The number of ether oxygens (including phenoxy) is 3. The molecule has 0 aliphatic rings. The van der Waals surface area contributed by atoms with Crippen molar-refractivity contribution in [1.29, 1.82) is 0 Å². The molecule has 2 atom stereocenters. The summed E-state index contributed by atoms with van der Waals surface area (Å²) in [6, 6.07) is 18.1. The molecule has 8 nitrogen and oxygen atoms in total. The fourth-order valence-electron chi connectivity index (χ4n) is 4.08. The highest BCUT2D eigenvalue weighted by molar-refractivity contribution is 5.69. The zero-order chi connectivity index (χ0) is 30.0. The van der Waals surface area contributed by atoms with Crippen LogP contribution in [0.1, 0.15) is 37.5 Å². The lowest BCUT2D eigenvalue weighted by Gasteiger charge is -2.31. The van der Waals surface area contributed by atoms with Crippen LogP contribution in [0.3, 0.4) is 0 Å². The van der Waals surface area contributed by atoms with Gasteiger partial charge in [-0.15, -0.1) is 0 Å². The van der Waals surface area contributed by atoms with Gasteiger partial charge in [0.05, 0.1) is 25.8 Å². The number of nitrogens with one attached hydrogen (secondary N) is 1. The summed E-state index contributed by atoms with van der Waals surface area (Å²) in [5.41, 5.74) is 0.857. The van der Waals surface area contributed by atoms with Crippen molar-refractivity contribution in [3.8, 4) is 5.75 Å². The van der Waals surface area contributed by atoms with Gasteiger partial charge in [0.25, 0.3) is 0 Å². The van der Waals surface area contributed by atoms with Crippen molar-refractivity contribution in [1.82, 2.24) is 10.2 Å². The van der Waals surface area contributed by atoms with Crippen LogP contribution in [-0.4, -0.2) is 53.6 Å². The van der Waals surface area contributed by atoms with Gasteiger partial charge in [0, 0.05) is 12.6 Å². The van der Waals surface area contributed by atoms with Crippen LogP contribution in [-0.2, 0) is 29.0 Å². The zero-order valence-corrected chi connectivity index (χ0v) is 23.6. The molecule has 0 spiro atoms. The van der Waals surface area contributed by atoms with E-state index in [4.69, 9.17) is 14.2 Å². The van der Waals surface area contributed by atoms with E-state index in [0.717, 1.165) is 23.8 Å². The molecule has 3 aromatic carbocycles. The molecule has 2 N–H and O–H groups in total. The van der Waals surface area contributed by atoms with E-state index in [1.807, 2.05) is 30.3 Å². The molecule has 0 fully saturated rings. The molecule has 0 unspecified atom stereocenters. The van der Waals surface area contributed by atoms with Crippen molar-refractivity contribution in [3.63, 3.8) is 0 Å². The lowest BCUT2D eigenvalue weighted by atomic mass is 10.0. The van der Waals surface area contributed by atoms with Crippen LogP contribution in [0.15, 0.2) is 72.8 Å². The third kappa shape index (κ3) is 10.7. The van der Waals surface area contributed by atoms with E-state index in [2.05, 4.69) is 5.32 Å². The van der Waals surface area contributed by atoms with Gasteiger partial charge in [0.15, 0.2) is 0 Å². The van der Waals surface area contributed by atoms with Crippen LogP contribution in [0.2, 0.25) is 0 Å². The first kappa shape index (κ1) is 31.3. The maximum absolute atomic E-state index is 13.9. The second-order valence-corrected chi connectivity index (χ2v) is 10.6. The first-order valence-electron chi connectivity index (χ1n) is 13.1. The van der Waals surface area contributed by atoms with E-state index < -0.39 is 41.6 Å². The van der Waals surface area contributed by atoms with Gasteiger partial charge in [-0.2, -0.15) is 0 Å². The van der Waals surface area contributed by atoms with Gasteiger partial charge in [-0.1, -0.05) is 42.5 Å². The third-order valence-corrected chi connectivity index (χ3v) is 5.92. The molecule has 10 heteroatoms. The number of carbonyl (C=O) groups excluding carboxylic acids is 2. The number of hydrogen-bond donors (Lipinski definition) is 2. The number of aliphatic hydroxyl groups is 1. The third-order valence-electron chi connectivity index (χ3n) is 5.92. The van der Waals surface area contributed by atoms with E-state index in [-0.39, 0.29) is 31.7 Å². The molecule has 0 radical (unpaired) electrons. The van der Waals surface area contributed by atoms with Crippen molar-refractivity contribution in [2.75, 3.05) is 13.7 Å². The maximum atomic E-state index is 13.9. The van der Waals surface area contributed by atoms with E-state index in [0.29, 0.717) is 11.3 Å². The van der Waals surface area contributed by atoms with Crippen LogP contribution in [0.25, 0.3) is 0 Å². The van der Waals surface area contributed by atoms with Crippen LogP contribution in [0, 0.1) is 11.6 Å². The van der Waals surface area contributed by atoms with Gasteiger partial charge in [-0.3, -0.25) is 0 Å². The highest BCUT2D eigenvalue weighted by atomic mass is 19.1. The summed E-state index contributed by atoms with van der Waals surface area (Å²) in [6.07, 6.45) is -3.04. The Bertz CT molecular complexity index is 1280. The molecule has 0 saturated carbocycles. The summed E-state index contributed by atoms with van der Waals surface area (Å²) in [7, 11) is 1.52. The van der Waals surface area contributed by atoms with E-state index >= 15 is 0 Å². The smallest absolute Gasteiger partial charge is 0.410 e. The predicted octanol–water partition coefficient (Wildman–Crippen LogP) is 5.61. The number of methoxy groups -OCH3 is 1. The molecular weight excluding hydrogens is 534 g/mol. The summed E-state index contributed by atoms with van der Waals surface area (Å²) in [5.74, 6) is -1.01. The number of hydrogen-bond acceptors (Lipinski definition) is 6. The van der Waals surface area contributed by atoms with Crippen LogP contribution < -0.4 is 10.1 Å². The van der Waals surface area contributed by atoms with Crippen molar-refractivity contribution in [2.45, 2.75) is 58.1 Å². The van der Waals surface area contributed by atoms with Gasteiger partial charge in [0.2, 0.25) is 0 Å². The molecule has 0 heterocycles. The quantitative estimate of drug-likeness (QED) is 0.311. The van der Waals surface area contributed by atoms with Gasteiger partial charge in [0.1, 0.15) is 29.6 Å².